The number of nitrogens with zero attached hydrogens (tertiary/aromatic N) is 4. The molecule has 8 heteroatoms. The van der Waals surface area contributed by atoms with E-state index in [1.807, 2.05) is 24.3 Å². The molecule has 0 aliphatic carbocycles. The Kier molecular flexibility index (Phi) is 5.75. The lowest BCUT2D eigenvalue weighted by Gasteiger charge is -2.37. The molecule has 1 aliphatic rings. The highest BCUT2D eigenvalue weighted by Gasteiger charge is 2.26. The molecule has 0 bridgehead atoms. The Labute approximate surface area is 202 Å². The van der Waals surface area contributed by atoms with Crippen LogP contribution in [-0.4, -0.2) is 55.9 Å². The fourth-order valence-corrected chi connectivity index (χ4v) is 4.65. The van der Waals surface area contributed by atoms with E-state index in [4.69, 9.17) is 9.47 Å². The predicted molar refractivity (Wildman–Crippen MR) is 135 cm³/mol. The third-order valence-electron chi connectivity index (χ3n) is 6.47. The number of ether oxygens (including phenoxy) is 2. The molecule has 1 fully saturated rings. The van der Waals surface area contributed by atoms with Gasteiger partial charge in [-0.2, -0.15) is 5.26 Å². The molecule has 0 N–H and O–H groups in total. The maximum absolute atomic E-state index is 13.9. The van der Waals surface area contributed by atoms with Crippen molar-refractivity contribution in [2.75, 3.05) is 45.3 Å². The summed E-state index contributed by atoms with van der Waals surface area (Å²) < 4.78 is 12.4. The summed E-state index contributed by atoms with van der Waals surface area (Å²) >= 11 is 0. The summed E-state index contributed by atoms with van der Waals surface area (Å²) in [5.41, 5.74) is 2.10. The normalized spacial score (nSPS) is 13.6. The highest BCUT2D eigenvalue weighted by atomic mass is 16.5. The number of pyridine rings is 1. The Bertz CT molecular complexity index is 1550. The van der Waals surface area contributed by atoms with Gasteiger partial charge in [0.1, 0.15) is 11.5 Å². The zero-order valence-corrected chi connectivity index (χ0v) is 19.5. The molecule has 3 aromatic carbocycles. The largest absolute Gasteiger partial charge is 0.497 e. The van der Waals surface area contributed by atoms with Crippen molar-refractivity contribution in [1.82, 2.24) is 9.47 Å². The molecule has 1 aromatic heterocycles. The lowest BCUT2D eigenvalue weighted by Crippen LogP contribution is -2.50. The van der Waals surface area contributed by atoms with Gasteiger partial charge in [0.15, 0.2) is 5.43 Å². The molecular formula is C27H24N4O4. The summed E-state index contributed by atoms with van der Waals surface area (Å²) in [5.74, 6) is 1.32. The molecule has 0 radical (unpaired) electrons. The number of piperazine rings is 1. The number of aromatic nitrogens is 1. The van der Waals surface area contributed by atoms with E-state index in [1.165, 1.54) is 7.11 Å². The van der Waals surface area contributed by atoms with Crippen molar-refractivity contribution in [2.45, 2.75) is 0 Å². The van der Waals surface area contributed by atoms with Crippen molar-refractivity contribution >= 4 is 33.5 Å². The van der Waals surface area contributed by atoms with Gasteiger partial charge in [-0.05, 0) is 48.5 Å². The number of hydrogen-bond donors (Lipinski definition) is 0. The van der Waals surface area contributed by atoms with Crippen molar-refractivity contribution < 1.29 is 14.3 Å². The Morgan fingerprint density at radius 3 is 2.26 bits per heavy atom. The molecule has 0 unspecified atom stereocenters. The van der Waals surface area contributed by atoms with E-state index >= 15 is 0 Å². The highest BCUT2D eigenvalue weighted by molar-refractivity contribution is 6.02. The van der Waals surface area contributed by atoms with Crippen molar-refractivity contribution in [1.29, 1.82) is 5.26 Å². The molecule has 1 amide bonds. The molecule has 176 valence electrons. The summed E-state index contributed by atoms with van der Waals surface area (Å²) in [7, 11) is 3.18. The van der Waals surface area contributed by atoms with Crippen LogP contribution in [0.25, 0.3) is 21.8 Å². The van der Waals surface area contributed by atoms with E-state index in [0.717, 1.165) is 11.4 Å². The van der Waals surface area contributed by atoms with Gasteiger partial charge in [0.25, 0.3) is 0 Å². The van der Waals surface area contributed by atoms with Crippen molar-refractivity contribution in [3.05, 3.63) is 76.5 Å². The second-order valence-corrected chi connectivity index (χ2v) is 8.32. The van der Waals surface area contributed by atoms with Crippen LogP contribution in [0.3, 0.4) is 0 Å². The lowest BCUT2D eigenvalue weighted by atomic mass is 10.1. The zero-order chi connectivity index (χ0) is 24.5. The van der Waals surface area contributed by atoms with Gasteiger partial charge in [-0.3, -0.25) is 9.36 Å². The van der Waals surface area contributed by atoms with Gasteiger partial charge < -0.3 is 19.3 Å². The van der Waals surface area contributed by atoms with Gasteiger partial charge in [0, 0.05) is 31.6 Å². The quantitative estimate of drug-likeness (QED) is 0.425. The topological polar surface area (TPSA) is 87.8 Å². The number of para-hydroxylation sites is 2. The summed E-state index contributed by atoms with van der Waals surface area (Å²) in [4.78, 5) is 31.2. The first kappa shape index (κ1) is 22.3. The van der Waals surface area contributed by atoms with E-state index in [0.29, 0.717) is 59.3 Å². The number of carbonyl (C=O) groups is 1. The monoisotopic (exact) mass is 468 g/mol. The number of nitriles is 1. The maximum atomic E-state index is 13.9. The summed E-state index contributed by atoms with van der Waals surface area (Å²) in [6, 6.07) is 19.6. The van der Waals surface area contributed by atoms with Crippen LogP contribution in [0.1, 0.15) is 5.56 Å². The highest BCUT2D eigenvalue weighted by Crippen LogP contribution is 2.29. The first-order chi connectivity index (χ1) is 17.0. The van der Waals surface area contributed by atoms with Crippen LogP contribution < -0.4 is 19.8 Å². The first-order valence-electron chi connectivity index (χ1n) is 11.3. The second-order valence-electron chi connectivity index (χ2n) is 8.32. The predicted octanol–water partition coefficient (Wildman–Crippen LogP) is 3.83. The van der Waals surface area contributed by atoms with Gasteiger partial charge in [0.2, 0.25) is 0 Å². The molecular weight excluding hydrogens is 444 g/mol. The Morgan fingerprint density at radius 2 is 1.57 bits per heavy atom. The van der Waals surface area contributed by atoms with E-state index < -0.39 is 0 Å². The SMILES string of the molecule is COc1ccc2c(c1)c(=O)c1cc(C#N)ccc1n2C(=O)N1CCN(c2ccccc2OC)CC1. The third kappa shape index (κ3) is 3.81. The fourth-order valence-electron chi connectivity index (χ4n) is 4.65. The average molecular weight is 469 g/mol. The summed E-state index contributed by atoms with van der Waals surface area (Å²) in [6.07, 6.45) is 0. The zero-order valence-electron chi connectivity index (χ0n) is 19.5. The average Bonchev–Trinajstić information content (AvgIpc) is 2.92. The van der Waals surface area contributed by atoms with Gasteiger partial charge in [-0.1, -0.05) is 12.1 Å². The van der Waals surface area contributed by atoms with Gasteiger partial charge in [0.05, 0.1) is 48.0 Å². The number of methoxy groups -OCH3 is 2. The molecule has 0 atom stereocenters. The molecule has 0 spiro atoms. The molecule has 5 rings (SSSR count). The number of fused-ring (bicyclic) bond motifs is 2. The van der Waals surface area contributed by atoms with Gasteiger partial charge >= 0.3 is 6.03 Å². The second kappa shape index (κ2) is 9.03. The number of carbonyl (C=O) groups excluding carboxylic acids is 1. The molecule has 35 heavy (non-hydrogen) atoms. The summed E-state index contributed by atoms with van der Waals surface area (Å²) in [5, 5.41) is 10.0. The molecule has 1 aliphatic heterocycles. The van der Waals surface area contributed by atoms with Crippen LogP contribution >= 0.6 is 0 Å². The van der Waals surface area contributed by atoms with E-state index in [2.05, 4.69) is 11.0 Å². The molecule has 4 aromatic rings. The minimum atomic E-state index is -0.240. The number of amides is 1. The molecule has 2 heterocycles. The number of rotatable bonds is 3. The summed E-state index contributed by atoms with van der Waals surface area (Å²) in [6.45, 7) is 2.32. The number of anilines is 1. The smallest absolute Gasteiger partial charge is 0.329 e. The third-order valence-corrected chi connectivity index (χ3v) is 6.47. The molecule has 8 nitrogen and oxygen atoms in total. The van der Waals surface area contributed by atoms with Crippen molar-refractivity contribution in [3.63, 3.8) is 0 Å². The standard InChI is InChI=1S/C27H24N4O4/c1-34-19-8-10-23-21(16-19)26(32)20-15-18(17-28)7-9-22(20)31(23)27(33)30-13-11-29(12-14-30)24-5-3-4-6-25(24)35-2/h3-10,15-16H,11-14H2,1-2H3. The maximum Gasteiger partial charge on any atom is 0.329 e. The fraction of sp³-hybridized carbons (Fsp3) is 0.222. The van der Waals surface area contributed by atoms with Gasteiger partial charge in [-0.15, -0.1) is 0 Å². The van der Waals surface area contributed by atoms with E-state index in [9.17, 15) is 14.9 Å². The minimum absolute atomic E-state index is 0.213. The number of hydrogen-bond acceptors (Lipinski definition) is 6. The van der Waals surface area contributed by atoms with Crippen LogP contribution in [0.4, 0.5) is 10.5 Å². The van der Waals surface area contributed by atoms with Crippen LogP contribution in [0.15, 0.2) is 65.5 Å². The van der Waals surface area contributed by atoms with E-state index in [-0.39, 0.29) is 11.5 Å². The van der Waals surface area contributed by atoms with Gasteiger partial charge in [-0.25, -0.2) is 4.79 Å². The molecule has 1 saturated heterocycles. The van der Waals surface area contributed by atoms with Crippen molar-refractivity contribution in [3.8, 4) is 17.6 Å². The minimum Gasteiger partial charge on any atom is -0.497 e. The van der Waals surface area contributed by atoms with Crippen LogP contribution in [-0.2, 0) is 0 Å². The number of benzene rings is 3. The van der Waals surface area contributed by atoms with Crippen LogP contribution in [0, 0.1) is 11.3 Å². The van der Waals surface area contributed by atoms with Crippen LogP contribution in [0.2, 0.25) is 0 Å². The van der Waals surface area contributed by atoms with Crippen molar-refractivity contribution in [2.24, 2.45) is 0 Å². The first-order valence-corrected chi connectivity index (χ1v) is 11.3. The lowest BCUT2D eigenvalue weighted by molar-refractivity contribution is 0.198. The Hall–Kier alpha value is -4.51. The Balaban J connectivity index is 1.56. The van der Waals surface area contributed by atoms with Crippen LogP contribution in [0.5, 0.6) is 11.5 Å². The Morgan fingerprint density at radius 1 is 0.886 bits per heavy atom. The van der Waals surface area contributed by atoms with E-state index in [1.54, 1.807) is 53.0 Å². The molecule has 0 saturated carbocycles.